The van der Waals surface area contributed by atoms with Gasteiger partial charge in [0.15, 0.2) is 0 Å². The zero-order valence-corrected chi connectivity index (χ0v) is 13.1. The smallest absolute Gasteiger partial charge is 0.123 e. The molecule has 2 bridgehead atoms. The number of hydrogen-bond donors (Lipinski definition) is 1. The van der Waals surface area contributed by atoms with Gasteiger partial charge in [-0.05, 0) is 60.4 Å². The van der Waals surface area contributed by atoms with Gasteiger partial charge in [-0.25, -0.2) is 4.39 Å². The molecule has 1 saturated carbocycles. The van der Waals surface area contributed by atoms with Crippen LogP contribution in [0.3, 0.4) is 0 Å². The van der Waals surface area contributed by atoms with Crippen LogP contribution in [0.1, 0.15) is 38.2 Å². The molecule has 3 nitrogen and oxygen atoms in total. The Labute approximate surface area is 130 Å². The van der Waals surface area contributed by atoms with Gasteiger partial charge in [0.1, 0.15) is 12.9 Å². The average molecular weight is 303 g/mol. The molecule has 0 aliphatic heterocycles. The van der Waals surface area contributed by atoms with Gasteiger partial charge in [0.25, 0.3) is 0 Å². The number of rotatable bonds is 4. The summed E-state index contributed by atoms with van der Waals surface area (Å²) in [6.07, 6.45) is 3.19. The molecule has 118 valence electrons. The lowest BCUT2D eigenvalue weighted by molar-refractivity contribution is 0.149. The van der Waals surface area contributed by atoms with E-state index in [0.29, 0.717) is 5.92 Å². The van der Waals surface area contributed by atoms with Crippen molar-refractivity contribution in [1.29, 1.82) is 0 Å². The molecule has 1 aromatic rings. The summed E-state index contributed by atoms with van der Waals surface area (Å²) in [5.41, 5.74) is 4.22. The standard InChI is InChI=1S/C18H22FNO2/c1-3-16(20-22-2)18-14(12-4-6-13(19)7-5-12)8-11-9-15(18)17(21)10-11/h4-7,11,15,17,21H,3,8-10H2,1-2H3/t11?,15-,17?/m0/s1. The van der Waals surface area contributed by atoms with Crippen LogP contribution in [0, 0.1) is 17.7 Å². The van der Waals surface area contributed by atoms with Gasteiger partial charge in [0.05, 0.1) is 11.8 Å². The molecule has 0 amide bonds. The van der Waals surface area contributed by atoms with Crippen molar-refractivity contribution in [2.45, 2.75) is 38.7 Å². The number of oxime groups is 1. The van der Waals surface area contributed by atoms with E-state index in [-0.39, 0.29) is 17.8 Å². The Kier molecular flexibility index (Phi) is 4.30. The van der Waals surface area contributed by atoms with Crippen LogP contribution in [-0.4, -0.2) is 24.0 Å². The summed E-state index contributed by atoms with van der Waals surface area (Å²) in [6.45, 7) is 2.04. The maximum Gasteiger partial charge on any atom is 0.123 e. The van der Waals surface area contributed by atoms with Crippen molar-refractivity contribution in [3.8, 4) is 0 Å². The first-order valence-electron chi connectivity index (χ1n) is 7.91. The molecule has 0 radical (unpaired) electrons. The molecule has 0 spiro atoms. The van der Waals surface area contributed by atoms with E-state index in [1.807, 2.05) is 19.1 Å². The molecule has 0 aromatic heterocycles. The first-order chi connectivity index (χ1) is 10.6. The quantitative estimate of drug-likeness (QED) is 0.679. The van der Waals surface area contributed by atoms with E-state index in [0.717, 1.165) is 42.5 Å². The molecule has 3 rings (SSSR count). The summed E-state index contributed by atoms with van der Waals surface area (Å²) < 4.78 is 13.2. The molecule has 1 aromatic carbocycles. The Bertz CT molecular complexity index is 606. The number of fused-ring (bicyclic) bond motifs is 2. The van der Waals surface area contributed by atoms with Crippen molar-refractivity contribution in [3.63, 3.8) is 0 Å². The molecule has 22 heavy (non-hydrogen) atoms. The average Bonchev–Trinajstić information content (AvgIpc) is 2.81. The Hall–Kier alpha value is -1.68. The van der Waals surface area contributed by atoms with E-state index in [2.05, 4.69) is 5.16 Å². The normalized spacial score (nSPS) is 28.2. The van der Waals surface area contributed by atoms with Gasteiger partial charge in [-0.2, -0.15) is 0 Å². The summed E-state index contributed by atoms with van der Waals surface area (Å²) in [7, 11) is 1.55. The third-order valence-corrected chi connectivity index (χ3v) is 4.86. The van der Waals surface area contributed by atoms with Crippen molar-refractivity contribution in [1.82, 2.24) is 0 Å². The predicted octanol–water partition coefficient (Wildman–Crippen LogP) is 3.78. The monoisotopic (exact) mass is 303 g/mol. The van der Waals surface area contributed by atoms with Gasteiger partial charge >= 0.3 is 0 Å². The summed E-state index contributed by atoms with van der Waals surface area (Å²) in [5.74, 6) is 0.392. The number of halogens is 1. The van der Waals surface area contributed by atoms with E-state index in [1.54, 1.807) is 7.11 Å². The van der Waals surface area contributed by atoms with E-state index in [9.17, 15) is 9.50 Å². The number of nitrogens with zero attached hydrogens (tertiary/aromatic N) is 1. The van der Waals surface area contributed by atoms with Crippen molar-refractivity contribution in [2.24, 2.45) is 17.0 Å². The van der Waals surface area contributed by atoms with Crippen molar-refractivity contribution < 1.29 is 14.3 Å². The lowest BCUT2D eigenvalue weighted by atomic mass is 9.77. The highest BCUT2D eigenvalue weighted by Crippen LogP contribution is 2.49. The fourth-order valence-electron chi connectivity index (χ4n) is 3.94. The highest BCUT2D eigenvalue weighted by Gasteiger charge is 2.42. The molecular weight excluding hydrogens is 281 g/mol. The first-order valence-corrected chi connectivity index (χ1v) is 7.91. The summed E-state index contributed by atoms with van der Waals surface area (Å²) in [4.78, 5) is 5.01. The van der Waals surface area contributed by atoms with Gasteiger partial charge in [0.2, 0.25) is 0 Å². The number of aliphatic hydroxyl groups excluding tert-OH is 1. The van der Waals surface area contributed by atoms with Gasteiger partial charge in [-0.1, -0.05) is 24.2 Å². The molecule has 3 atom stereocenters. The molecule has 0 heterocycles. The first kappa shape index (κ1) is 15.2. The highest BCUT2D eigenvalue weighted by molar-refractivity contribution is 6.07. The summed E-state index contributed by atoms with van der Waals surface area (Å²) in [6, 6.07) is 6.63. The molecule has 2 aliphatic carbocycles. The van der Waals surface area contributed by atoms with Crippen LogP contribution in [0.15, 0.2) is 35.0 Å². The molecule has 2 aliphatic rings. The molecule has 1 N–H and O–H groups in total. The molecule has 0 saturated heterocycles. The molecule has 2 unspecified atom stereocenters. The lowest BCUT2D eigenvalue weighted by Gasteiger charge is -2.28. The van der Waals surface area contributed by atoms with Crippen molar-refractivity contribution in [3.05, 3.63) is 41.2 Å². The third kappa shape index (κ3) is 2.68. The zero-order chi connectivity index (χ0) is 15.7. The van der Waals surface area contributed by atoms with Crippen LogP contribution in [-0.2, 0) is 4.84 Å². The Morgan fingerprint density at radius 3 is 2.68 bits per heavy atom. The van der Waals surface area contributed by atoms with Gasteiger partial charge in [-0.15, -0.1) is 0 Å². The van der Waals surface area contributed by atoms with Crippen LogP contribution in [0.4, 0.5) is 4.39 Å². The summed E-state index contributed by atoms with van der Waals surface area (Å²) >= 11 is 0. The SMILES string of the molecule is CCC(=NOC)C1=C(c2ccc(F)cc2)CC2CC(O)[C@@H]1C2. The fraction of sp³-hybridized carbons (Fsp3) is 0.500. The van der Waals surface area contributed by atoms with Gasteiger partial charge in [-0.3, -0.25) is 0 Å². The van der Waals surface area contributed by atoms with Crippen molar-refractivity contribution >= 4 is 11.3 Å². The minimum atomic E-state index is -0.313. The Balaban J connectivity index is 2.12. The number of aliphatic hydroxyl groups is 1. The van der Waals surface area contributed by atoms with E-state index >= 15 is 0 Å². The minimum Gasteiger partial charge on any atom is -0.399 e. The number of benzene rings is 1. The molecule has 1 fully saturated rings. The predicted molar refractivity (Wildman–Crippen MR) is 84.9 cm³/mol. The lowest BCUT2D eigenvalue weighted by Crippen LogP contribution is -2.23. The number of allylic oxidation sites excluding steroid dienone is 1. The second-order valence-electron chi connectivity index (χ2n) is 6.19. The Morgan fingerprint density at radius 1 is 1.32 bits per heavy atom. The number of hydrogen-bond acceptors (Lipinski definition) is 3. The van der Waals surface area contributed by atoms with E-state index < -0.39 is 0 Å². The van der Waals surface area contributed by atoms with E-state index in [1.165, 1.54) is 17.7 Å². The maximum absolute atomic E-state index is 13.2. The fourth-order valence-corrected chi connectivity index (χ4v) is 3.94. The third-order valence-electron chi connectivity index (χ3n) is 4.86. The zero-order valence-electron chi connectivity index (χ0n) is 13.1. The second-order valence-corrected chi connectivity index (χ2v) is 6.19. The maximum atomic E-state index is 13.2. The largest absolute Gasteiger partial charge is 0.399 e. The Morgan fingerprint density at radius 2 is 2.05 bits per heavy atom. The second kappa shape index (κ2) is 6.21. The van der Waals surface area contributed by atoms with Crippen LogP contribution >= 0.6 is 0 Å². The molecule has 4 heteroatoms. The van der Waals surface area contributed by atoms with Crippen LogP contribution in [0.2, 0.25) is 0 Å². The molecular formula is C18H22FNO2. The topological polar surface area (TPSA) is 41.8 Å². The summed E-state index contributed by atoms with van der Waals surface area (Å²) in [5, 5.41) is 14.6. The van der Waals surface area contributed by atoms with Gasteiger partial charge in [0, 0.05) is 5.92 Å². The van der Waals surface area contributed by atoms with Gasteiger partial charge < -0.3 is 9.94 Å². The van der Waals surface area contributed by atoms with Crippen molar-refractivity contribution in [2.75, 3.05) is 7.11 Å². The van der Waals surface area contributed by atoms with E-state index in [4.69, 9.17) is 4.84 Å². The van der Waals surface area contributed by atoms with Crippen LogP contribution in [0.5, 0.6) is 0 Å². The highest BCUT2D eigenvalue weighted by atomic mass is 19.1. The van der Waals surface area contributed by atoms with Crippen LogP contribution < -0.4 is 0 Å². The van der Waals surface area contributed by atoms with Crippen LogP contribution in [0.25, 0.3) is 5.57 Å². The minimum absolute atomic E-state index is 0.118.